The van der Waals surface area contributed by atoms with Crippen LogP contribution in [0.3, 0.4) is 0 Å². The van der Waals surface area contributed by atoms with Crippen molar-refractivity contribution in [3.63, 3.8) is 0 Å². The second kappa shape index (κ2) is 10.2. The number of hydrogen-bond donors (Lipinski definition) is 1. The first-order valence-electron chi connectivity index (χ1n) is 8.93. The molecule has 2 aromatic carbocycles. The summed E-state index contributed by atoms with van der Waals surface area (Å²) in [6.07, 6.45) is 0. The Morgan fingerprint density at radius 1 is 1.04 bits per heavy atom. The molecule has 6 heteroatoms. The molecular weight excluding hydrogens is 344 g/mol. The molecule has 0 saturated heterocycles. The number of carbonyl (C=O) groups is 2. The molecule has 6 nitrogen and oxygen atoms in total. The van der Waals surface area contributed by atoms with Crippen molar-refractivity contribution in [3.05, 3.63) is 60.2 Å². The van der Waals surface area contributed by atoms with E-state index in [1.807, 2.05) is 37.3 Å². The topological polar surface area (TPSA) is 67.9 Å². The molecule has 2 rings (SSSR count). The Balaban J connectivity index is 2.07. The van der Waals surface area contributed by atoms with E-state index < -0.39 is 6.04 Å². The Hall–Kier alpha value is -3.02. The molecule has 144 valence electrons. The van der Waals surface area contributed by atoms with Gasteiger partial charge in [0.15, 0.2) is 6.61 Å². The van der Waals surface area contributed by atoms with Crippen LogP contribution in [-0.2, 0) is 16.1 Å². The molecule has 1 atom stereocenters. The molecule has 27 heavy (non-hydrogen) atoms. The number of methoxy groups -OCH3 is 1. The van der Waals surface area contributed by atoms with E-state index in [0.29, 0.717) is 24.6 Å². The average molecular weight is 370 g/mol. The summed E-state index contributed by atoms with van der Waals surface area (Å²) in [4.78, 5) is 26.6. The lowest BCUT2D eigenvalue weighted by molar-refractivity contribution is -0.142. The molecule has 2 aromatic rings. The molecule has 0 aromatic heterocycles. The molecule has 2 amide bonds. The monoisotopic (exact) mass is 370 g/mol. The summed E-state index contributed by atoms with van der Waals surface area (Å²) in [7, 11) is 1.59. The zero-order chi connectivity index (χ0) is 19.6. The van der Waals surface area contributed by atoms with Gasteiger partial charge >= 0.3 is 0 Å². The van der Waals surface area contributed by atoms with Crippen LogP contribution in [0.25, 0.3) is 0 Å². The van der Waals surface area contributed by atoms with Crippen LogP contribution in [0.2, 0.25) is 0 Å². The lowest BCUT2D eigenvalue weighted by Gasteiger charge is -2.28. The van der Waals surface area contributed by atoms with Gasteiger partial charge in [0.05, 0.1) is 7.11 Å². The smallest absolute Gasteiger partial charge is 0.261 e. The summed E-state index contributed by atoms with van der Waals surface area (Å²) in [5.41, 5.74) is 0.950. The van der Waals surface area contributed by atoms with Gasteiger partial charge in [-0.25, -0.2) is 0 Å². The Kier molecular flexibility index (Phi) is 7.67. The van der Waals surface area contributed by atoms with Gasteiger partial charge in [-0.2, -0.15) is 0 Å². The normalized spacial score (nSPS) is 11.4. The fourth-order valence-electron chi connectivity index (χ4n) is 2.58. The number of benzene rings is 2. The van der Waals surface area contributed by atoms with Crippen LogP contribution in [0.5, 0.6) is 11.5 Å². The van der Waals surface area contributed by atoms with Crippen LogP contribution in [0.1, 0.15) is 19.4 Å². The van der Waals surface area contributed by atoms with Crippen LogP contribution in [0.15, 0.2) is 54.6 Å². The number of carbonyl (C=O) groups excluding carboxylic acids is 2. The second-order valence-corrected chi connectivity index (χ2v) is 6.04. The van der Waals surface area contributed by atoms with Gasteiger partial charge in [0, 0.05) is 13.1 Å². The largest absolute Gasteiger partial charge is 0.497 e. The van der Waals surface area contributed by atoms with Gasteiger partial charge in [-0.1, -0.05) is 30.3 Å². The minimum atomic E-state index is -0.600. The molecule has 1 N–H and O–H groups in total. The van der Waals surface area contributed by atoms with E-state index in [2.05, 4.69) is 5.32 Å². The summed E-state index contributed by atoms with van der Waals surface area (Å²) >= 11 is 0. The van der Waals surface area contributed by atoms with Crippen molar-refractivity contribution >= 4 is 11.8 Å². The van der Waals surface area contributed by atoms with Crippen molar-refractivity contribution < 1.29 is 19.1 Å². The Bertz CT molecular complexity index is 732. The number of hydrogen-bond acceptors (Lipinski definition) is 4. The summed E-state index contributed by atoms with van der Waals surface area (Å²) in [5, 5.41) is 2.77. The number of nitrogens with one attached hydrogen (secondary N) is 1. The number of likely N-dealkylation sites (N-methyl/N-ethyl adjacent to an activating group) is 1. The van der Waals surface area contributed by atoms with Crippen LogP contribution in [0, 0.1) is 0 Å². The number of ether oxygens (including phenoxy) is 2. The molecule has 0 aliphatic rings. The first kappa shape index (κ1) is 20.3. The molecule has 0 saturated carbocycles. The van der Waals surface area contributed by atoms with E-state index >= 15 is 0 Å². The zero-order valence-electron chi connectivity index (χ0n) is 16.0. The lowest BCUT2D eigenvalue weighted by Crippen LogP contribution is -2.49. The molecule has 0 aliphatic carbocycles. The summed E-state index contributed by atoms with van der Waals surface area (Å²) in [6, 6.07) is 16.0. The van der Waals surface area contributed by atoms with Gasteiger partial charge in [-0.3, -0.25) is 9.59 Å². The number of nitrogens with zero attached hydrogens (tertiary/aromatic N) is 1. The third-order valence-corrected chi connectivity index (χ3v) is 4.14. The van der Waals surface area contributed by atoms with E-state index in [0.717, 1.165) is 5.56 Å². The first-order chi connectivity index (χ1) is 13.0. The third kappa shape index (κ3) is 6.02. The zero-order valence-corrected chi connectivity index (χ0v) is 16.0. The standard InChI is InChI=1S/C21H26N2O4/c1-4-22-21(25)16(2)23(14-17-8-6-5-7-9-17)20(24)15-27-19-12-10-18(26-3)11-13-19/h5-13,16H,4,14-15H2,1-3H3,(H,22,25)/t16-/m0/s1. The van der Waals surface area contributed by atoms with Gasteiger partial charge in [0.25, 0.3) is 5.91 Å². The van der Waals surface area contributed by atoms with Gasteiger partial charge in [-0.05, 0) is 43.7 Å². The molecule has 0 bridgehead atoms. The van der Waals surface area contributed by atoms with Gasteiger partial charge in [0.1, 0.15) is 17.5 Å². The molecular formula is C21H26N2O4. The van der Waals surface area contributed by atoms with Crippen molar-refractivity contribution in [2.45, 2.75) is 26.4 Å². The first-order valence-corrected chi connectivity index (χ1v) is 8.93. The molecule has 0 aliphatic heterocycles. The summed E-state index contributed by atoms with van der Waals surface area (Å²) in [6.45, 7) is 4.27. The maximum Gasteiger partial charge on any atom is 0.261 e. The predicted molar refractivity (Wildman–Crippen MR) is 104 cm³/mol. The summed E-state index contributed by atoms with van der Waals surface area (Å²) in [5.74, 6) is 0.832. The van der Waals surface area contributed by atoms with Crippen molar-refractivity contribution in [1.29, 1.82) is 0 Å². The van der Waals surface area contributed by atoms with Gasteiger partial charge < -0.3 is 19.7 Å². The van der Waals surface area contributed by atoms with Crippen molar-refractivity contribution in [3.8, 4) is 11.5 Å². The van der Waals surface area contributed by atoms with E-state index in [1.54, 1.807) is 38.3 Å². The highest BCUT2D eigenvalue weighted by molar-refractivity contribution is 5.87. The van der Waals surface area contributed by atoms with Crippen LogP contribution in [-0.4, -0.2) is 43.0 Å². The highest BCUT2D eigenvalue weighted by atomic mass is 16.5. The van der Waals surface area contributed by atoms with Gasteiger partial charge in [0.2, 0.25) is 5.91 Å². The average Bonchev–Trinajstić information content (AvgIpc) is 2.71. The van der Waals surface area contributed by atoms with E-state index in [4.69, 9.17) is 9.47 Å². The summed E-state index contributed by atoms with van der Waals surface area (Å²) < 4.78 is 10.7. The SMILES string of the molecule is CCNC(=O)[C@H](C)N(Cc1ccccc1)C(=O)COc1ccc(OC)cc1. The molecule has 0 spiro atoms. The van der Waals surface area contributed by atoms with Crippen LogP contribution < -0.4 is 14.8 Å². The Morgan fingerprint density at radius 2 is 1.67 bits per heavy atom. The Morgan fingerprint density at radius 3 is 2.26 bits per heavy atom. The molecule has 0 fully saturated rings. The molecule has 0 heterocycles. The number of amides is 2. The van der Waals surface area contributed by atoms with Crippen molar-refractivity contribution in [1.82, 2.24) is 10.2 Å². The van der Waals surface area contributed by atoms with Crippen molar-refractivity contribution in [2.75, 3.05) is 20.3 Å². The highest BCUT2D eigenvalue weighted by Gasteiger charge is 2.26. The van der Waals surface area contributed by atoms with Crippen LogP contribution in [0.4, 0.5) is 0 Å². The fourth-order valence-corrected chi connectivity index (χ4v) is 2.58. The Labute approximate surface area is 160 Å². The lowest BCUT2D eigenvalue weighted by atomic mass is 10.1. The predicted octanol–water partition coefficient (Wildman–Crippen LogP) is 2.63. The van der Waals surface area contributed by atoms with E-state index in [9.17, 15) is 9.59 Å². The molecule has 0 radical (unpaired) electrons. The molecule has 0 unspecified atom stereocenters. The van der Waals surface area contributed by atoms with Crippen LogP contribution >= 0.6 is 0 Å². The number of rotatable bonds is 9. The maximum atomic E-state index is 12.8. The minimum Gasteiger partial charge on any atom is -0.497 e. The van der Waals surface area contributed by atoms with Crippen molar-refractivity contribution in [2.24, 2.45) is 0 Å². The minimum absolute atomic E-state index is 0.150. The van der Waals surface area contributed by atoms with E-state index in [1.165, 1.54) is 4.90 Å². The second-order valence-electron chi connectivity index (χ2n) is 6.04. The fraction of sp³-hybridized carbons (Fsp3) is 0.333. The van der Waals surface area contributed by atoms with Gasteiger partial charge in [-0.15, -0.1) is 0 Å². The maximum absolute atomic E-state index is 12.8. The quantitative estimate of drug-likeness (QED) is 0.737. The highest BCUT2D eigenvalue weighted by Crippen LogP contribution is 2.17. The van der Waals surface area contributed by atoms with E-state index in [-0.39, 0.29) is 18.4 Å². The third-order valence-electron chi connectivity index (χ3n) is 4.14.